The number of hydrogen-bond donors (Lipinski definition) is 2. The van der Waals surface area contributed by atoms with Crippen molar-refractivity contribution < 1.29 is 19.4 Å². The number of esters is 1. The first-order valence-electron chi connectivity index (χ1n) is 7.00. The highest BCUT2D eigenvalue weighted by molar-refractivity contribution is 5.81. The van der Waals surface area contributed by atoms with Crippen LogP contribution in [-0.4, -0.2) is 28.8 Å². The fraction of sp³-hybridized carbons (Fsp3) is 0.857. The molecule has 0 aromatic heterocycles. The Kier molecular flexibility index (Phi) is 5.63. The topological polar surface area (TPSA) is 75.6 Å². The average molecular weight is 271 g/mol. The molecule has 0 saturated heterocycles. The molecule has 5 heteroatoms. The second-order valence-electron chi connectivity index (χ2n) is 6.28. The quantitative estimate of drug-likeness (QED) is 0.771. The average Bonchev–Trinajstić information content (AvgIpc) is 2.26. The van der Waals surface area contributed by atoms with Gasteiger partial charge in [-0.2, -0.15) is 0 Å². The summed E-state index contributed by atoms with van der Waals surface area (Å²) in [4.78, 5) is 22.8. The Balaban J connectivity index is 2.59. The molecule has 1 saturated carbocycles. The lowest BCUT2D eigenvalue weighted by Gasteiger charge is -2.28. The number of carboxylic acid groups (broad SMARTS) is 1. The molecule has 1 unspecified atom stereocenters. The molecule has 1 aliphatic carbocycles. The predicted octanol–water partition coefficient (Wildman–Crippen LogP) is 2.93. The van der Waals surface area contributed by atoms with E-state index in [1.165, 1.54) is 19.3 Å². The van der Waals surface area contributed by atoms with Gasteiger partial charge in [0.2, 0.25) is 0 Å². The van der Waals surface area contributed by atoms with E-state index in [1.54, 1.807) is 20.8 Å². The van der Waals surface area contributed by atoms with E-state index < -0.39 is 23.7 Å². The third kappa shape index (κ3) is 6.45. The molecule has 1 fully saturated rings. The van der Waals surface area contributed by atoms with Gasteiger partial charge in [0.05, 0.1) is 0 Å². The number of rotatable bonds is 4. The van der Waals surface area contributed by atoms with Crippen molar-refractivity contribution >= 4 is 12.1 Å². The predicted molar refractivity (Wildman–Crippen MR) is 72.0 cm³/mol. The highest BCUT2D eigenvalue weighted by atomic mass is 16.6. The zero-order chi connectivity index (χ0) is 14.5. The maximum atomic E-state index is 12.0. The maximum Gasteiger partial charge on any atom is 0.405 e. The number of hydrogen-bond acceptors (Lipinski definition) is 3. The molecule has 110 valence electrons. The molecule has 0 radical (unpaired) electrons. The van der Waals surface area contributed by atoms with E-state index in [2.05, 4.69) is 5.32 Å². The van der Waals surface area contributed by atoms with E-state index in [9.17, 15) is 9.59 Å². The van der Waals surface area contributed by atoms with Gasteiger partial charge < -0.3 is 15.2 Å². The molecule has 0 aromatic carbocycles. The van der Waals surface area contributed by atoms with Crippen LogP contribution in [-0.2, 0) is 9.53 Å². The summed E-state index contributed by atoms with van der Waals surface area (Å²) in [5.74, 6) is -0.0569. The Labute approximate surface area is 114 Å². The molecule has 0 aliphatic heterocycles. The molecule has 5 nitrogen and oxygen atoms in total. The van der Waals surface area contributed by atoms with E-state index in [4.69, 9.17) is 9.84 Å². The van der Waals surface area contributed by atoms with Crippen molar-refractivity contribution in [1.29, 1.82) is 0 Å². The van der Waals surface area contributed by atoms with Crippen LogP contribution in [0.2, 0.25) is 0 Å². The number of nitrogens with one attached hydrogen (secondary N) is 1. The number of ether oxygens (including phenoxy) is 1. The Bertz CT molecular complexity index is 316. The van der Waals surface area contributed by atoms with Crippen LogP contribution in [0.1, 0.15) is 59.3 Å². The first-order chi connectivity index (χ1) is 8.78. The third-order valence-electron chi connectivity index (χ3n) is 3.28. The molecule has 1 rings (SSSR count). The van der Waals surface area contributed by atoms with Crippen LogP contribution in [0.25, 0.3) is 0 Å². The van der Waals surface area contributed by atoms with E-state index in [-0.39, 0.29) is 0 Å². The van der Waals surface area contributed by atoms with Gasteiger partial charge in [0.25, 0.3) is 0 Å². The van der Waals surface area contributed by atoms with Crippen molar-refractivity contribution in [3.63, 3.8) is 0 Å². The van der Waals surface area contributed by atoms with Crippen molar-refractivity contribution in [2.24, 2.45) is 5.92 Å². The van der Waals surface area contributed by atoms with E-state index in [0.717, 1.165) is 12.8 Å². The van der Waals surface area contributed by atoms with Gasteiger partial charge in [0.15, 0.2) is 0 Å². The van der Waals surface area contributed by atoms with Crippen LogP contribution in [0.3, 0.4) is 0 Å². The summed E-state index contributed by atoms with van der Waals surface area (Å²) in [7, 11) is 0. The smallest absolute Gasteiger partial charge is 0.405 e. The Morgan fingerprint density at radius 1 is 1.26 bits per heavy atom. The summed E-state index contributed by atoms with van der Waals surface area (Å²) in [5.41, 5.74) is -0.595. The third-order valence-corrected chi connectivity index (χ3v) is 3.28. The van der Waals surface area contributed by atoms with Crippen molar-refractivity contribution in [3.8, 4) is 0 Å². The van der Waals surface area contributed by atoms with Gasteiger partial charge in [-0.1, -0.05) is 32.1 Å². The van der Waals surface area contributed by atoms with Crippen LogP contribution in [0.4, 0.5) is 4.79 Å². The van der Waals surface area contributed by atoms with Gasteiger partial charge >= 0.3 is 12.1 Å². The Morgan fingerprint density at radius 2 is 1.84 bits per heavy atom. The normalized spacial score (nSPS) is 18.7. The van der Waals surface area contributed by atoms with E-state index in [0.29, 0.717) is 12.3 Å². The molecule has 0 bridgehead atoms. The van der Waals surface area contributed by atoms with Crippen LogP contribution < -0.4 is 5.32 Å². The Hall–Kier alpha value is -1.26. The lowest BCUT2D eigenvalue weighted by molar-refractivity contribution is -0.157. The molecular weight excluding hydrogens is 246 g/mol. The molecule has 1 aliphatic rings. The fourth-order valence-corrected chi connectivity index (χ4v) is 2.49. The summed E-state index contributed by atoms with van der Waals surface area (Å²) in [5, 5.41) is 11.1. The minimum Gasteiger partial charge on any atom is -0.465 e. The highest BCUT2D eigenvalue weighted by Gasteiger charge is 2.29. The van der Waals surface area contributed by atoms with Gasteiger partial charge in [-0.3, -0.25) is 0 Å². The summed E-state index contributed by atoms with van der Waals surface area (Å²) in [6, 6.07) is -0.750. The van der Waals surface area contributed by atoms with Crippen LogP contribution >= 0.6 is 0 Å². The molecule has 19 heavy (non-hydrogen) atoms. The van der Waals surface area contributed by atoms with Crippen molar-refractivity contribution in [2.45, 2.75) is 70.9 Å². The number of carbonyl (C=O) groups excluding carboxylic acids is 1. The van der Waals surface area contributed by atoms with Gasteiger partial charge in [-0.25, -0.2) is 9.59 Å². The lowest BCUT2D eigenvalue weighted by Crippen LogP contribution is -2.44. The second kappa shape index (κ2) is 6.78. The Morgan fingerprint density at radius 3 is 2.32 bits per heavy atom. The minimum atomic E-state index is -1.17. The molecule has 2 N–H and O–H groups in total. The van der Waals surface area contributed by atoms with Gasteiger partial charge in [-0.15, -0.1) is 0 Å². The van der Waals surface area contributed by atoms with Gasteiger partial charge in [-0.05, 0) is 33.1 Å². The number of amides is 1. The summed E-state index contributed by atoms with van der Waals surface area (Å²) < 4.78 is 5.28. The van der Waals surface area contributed by atoms with E-state index in [1.807, 2.05) is 0 Å². The van der Waals surface area contributed by atoms with Gasteiger partial charge in [0, 0.05) is 0 Å². The lowest BCUT2D eigenvalue weighted by atomic mass is 9.85. The molecular formula is C14H25NO4. The standard InChI is InChI=1S/C14H25NO4/c1-14(2,3)19-12(16)11(15-13(17)18)9-10-7-5-4-6-8-10/h10-11,15H,4-9H2,1-3H3,(H,17,18). The first kappa shape index (κ1) is 15.8. The summed E-state index contributed by atoms with van der Waals surface area (Å²) in [6.07, 6.45) is 5.08. The molecule has 0 heterocycles. The molecule has 1 amide bonds. The van der Waals surface area contributed by atoms with E-state index >= 15 is 0 Å². The maximum absolute atomic E-state index is 12.0. The second-order valence-corrected chi connectivity index (χ2v) is 6.28. The zero-order valence-electron chi connectivity index (χ0n) is 12.1. The van der Waals surface area contributed by atoms with Crippen LogP contribution in [0.5, 0.6) is 0 Å². The summed E-state index contributed by atoms with van der Waals surface area (Å²) >= 11 is 0. The number of carbonyl (C=O) groups is 2. The van der Waals surface area contributed by atoms with Crippen molar-refractivity contribution in [3.05, 3.63) is 0 Å². The molecule has 0 aromatic rings. The molecule has 0 spiro atoms. The monoisotopic (exact) mass is 271 g/mol. The van der Waals surface area contributed by atoms with Crippen LogP contribution in [0, 0.1) is 5.92 Å². The van der Waals surface area contributed by atoms with Crippen molar-refractivity contribution in [1.82, 2.24) is 5.32 Å². The van der Waals surface area contributed by atoms with Crippen LogP contribution in [0.15, 0.2) is 0 Å². The zero-order valence-corrected chi connectivity index (χ0v) is 12.1. The minimum absolute atomic E-state index is 0.415. The summed E-state index contributed by atoms with van der Waals surface area (Å²) in [6.45, 7) is 5.34. The highest BCUT2D eigenvalue weighted by Crippen LogP contribution is 2.28. The largest absolute Gasteiger partial charge is 0.465 e. The van der Waals surface area contributed by atoms with Crippen molar-refractivity contribution in [2.75, 3.05) is 0 Å². The molecule has 1 atom stereocenters. The SMILES string of the molecule is CC(C)(C)OC(=O)C(CC1CCCCC1)NC(=O)O. The first-order valence-corrected chi connectivity index (χ1v) is 7.00. The van der Waals surface area contributed by atoms with Gasteiger partial charge in [0.1, 0.15) is 11.6 Å². The fourth-order valence-electron chi connectivity index (χ4n) is 2.49.